The van der Waals surface area contributed by atoms with Crippen LogP contribution in [0.1, 0.15) is 5.56 Å². The van der Waals surface area contributed by atoms with Crippen LogP contribution in [0.15, 0.2) is 23.1 Å². The molecule has 0 bridgehead atoms. The van der Waals surface area contributed by atoms with Crippen molar-refractivity contribution in [2.75, 3.05) is 18.2 Å². The standard InChI is InChI=1S/C10H10BrF3O3S/c1-18(15,16)9-3-2-7(17-5-4-11)6-8(9)10(12,13)14/h2-3,6H,4-5H2,1H3. The van der Waals surface area contributed by atoms with Gasteiger partial charge in [-0.25, -0.2) is 8.42 Å². The maximum atomic E-state index is 12.8. The van der Waals surface area contributed by atoms with Crippen molar-refractivity contribution in [1.82, 2.24) is 0 Å². The second kappa shape index (κ2) is 5.48. The Kier molecular flexibility index (Phi) is 4.66. The minimum atomic E-state index is -4.74. The molecule has 0 saturated heterocycles. The van der Waals surface area contributed by atoms with Crippen LogP contribution in [-0.2, 0) is 16.0 Å². The van der Waals surface area contributed by atoms with E-state index >= 15 is 0 Å². The van der Waals surface area contributed by atoms with Gasteiger partial charge in [-0.2, -0.15) is 13.2 Å². The zero-order valence-corrected chi connectivity index (χ0v) is 11.7. The lowest BCUT2D eigenvalue weighted by Crippen LogP contribution is -2.13. The smallest absolute Gasteiger partial charge is 0.417 e. The molecule has 0 atom stereocenters. The Hall–Kier alpha value is -0.760. The predicted octanol–water partition coefficient (Wildman–Crippen LogP) is 2.88. The van der Waals surface area contributed by atoms with Gasteiger partial charge >= 0.3 is 6.18 Å². The topological polar surface area (TPSA) is 43.4 Å². The van der Waals surface area contributed by atoms with Gasteiger partial charge in [0.25, 0.3) is 0 Å². The average Bonchev–Trinajstić information content (AvgIpc) is 2.23. The van der Waals surface area contributed by atoms with Gasteiger partial charge in [0.1, 0.15) is 5.75 Å². The van der Waals surface area contributed by atoms with Crippen LogP contribution in [0.3, 0.4) is 0 Å². The van der Waals surface area contributed by atoms with E-state index in [-0.39, 0.29) is 12.4 Å². The highest BCUT2D eigenvalue weighted by Crippen LogP contribution is 2.36. The first kappa shape index (κ1) is 15.3. The first-order valence-corrected chi connectivity index (χ1v) is 7.77. The molecule has 0 aromatic heterocycles. The third kappa shape index (κ3) is 3.88. The van der Waals surface area contributed by atoms with Crippen molar-refractivity contribution in [3.05, 3.63) is 23.8 Å². The van der Waals surface area contributed by atoms with Gasteiger partial charge in [-0.05, 0) is 18.2 Å². The van der Waals surface area contributed by atoms with Gasteiger partial charge in [0.05, 0.1) is 17.1 Å². The summed E-state index contributed by atoms with van der Waals surface area (Å²) in [6.07, 6.45) is -4.01. The Morgan fingerprint density at radius 1 is 1.33 bits per heavy atom. The summed E-state index contributed by atoms with van der Waals surface area (Å²) in [5.41, 5.74) is -1.21. The van der Waals surface area contributed by atoms with Crippen molar-refractivity contribution in [2.45, 2.75) is 11.1 Å². The highest BCUT2D eigenvalue weighted by Gasteiger charge is 2.36. The molecule has 0 fully saturated rings. The summed E-state index contributed by atoms with van der Waals surface area (Å²) < 4.78 is 65.8. The lowest BCUT2D eigenvalue weighted by molar-refractivity contribution is -0.140. The molecular weight excluding hydrogens is 337 g/mol. The summed E-state index contributed by atoms with van der Waals surface area (Å²) in [5, 5.41) is 0.460. The lowest BCUT2D eigenvalue weighted by atomic mass is 10.2. The number of rotatable bonds is 4. The zero-order valence-electron chi connectivity index (χ0n) is 9.29. The maximum Gasteiger partial charge on any atom is 0.417 e. The van der Waals surface area contributed by atoms with Gasteiger partial charge in [-0.15, -0.1) is 0 Å². The van der Waals surface area contributed by atoms with Crippen LogP contribution < -0.4 is 4.74 Å². The van der Waals surface area contributed by atoms with E-state index in [9.17, 15) is 21.6 Å². The lowest BCUT2D eigenvalue weighted by Gasteiger charge is -2.13. The molecule has 0 radical (unpaired) electrons. The fourth-order valence-corrected chi connectivity index (χ4v) is 2.35. The number of sulfone groups is 1. The second-order valence-corrected chi connectivity index (χ2v) is 6.24. The Balaban J connectivity index is 3.31. The minimum absolute atomic E-state index is 0.0193. The summed E-state index contributed by atoms with van der Waals surface area (Å²) in [6.45, 7) is 0.190. The van der Waals surface area contributed by atoms with Crippen LogP contribution in [0.5, 0.6) is 5.75 Å². The molecule has 3 nitrogen and oxygen atoms in total. The minimum Gasteiger partial charge on any atom is -0.493 e. The molecule has 0 heterocycles. The van der Waals surface area contributed by atoms with E-state index in [0.717, 1.165) is 12.3 Å². The normalized spacial score (nSPS) is 12.5. The Bertz CT molecular complexity index is 526. The van der Waals surface area contributed by atoms with Crippen LogP contribution in [0, 0.1) is 0 Å². The zero-order chi connectivity index (χ0) is 14.0. The van der Waals surface area contributed by atoms with Crippen molar-refractivity contribution in [2.24, 2.45) is 0 Å². The number of benzene rings is 1. The van der Waals surface area contributed by atoms with E-state index in [1.807, 2.05) is 0 Å². The van der Waals surface area contributed by atoms with Gasteiger partial charge in [-0.3, -0.25) is 0 Å². The van der Waals surface area contributed by atoms with Crippen LogP contribution in [-0.4, -0.2) is 26.6 Å². The quantitative estimate of drug-likeness (QED) is 0.787. The Morgan fingerprint density at radius 2 is 1.94 bits per heavy atom. The molecule has 0 aliphatic heterocycles. The Morgan fingerprint density at radius 3 is 2.39 bits per heavy atom. The third-order valence-corrected chi connectivity index (χ3v) is 3.48. The molecule has 0 unspecified atom stereocenters. The highest BCUT2D eigenvalue weighted by molar-refractivity contribution is 9.09. The van der Waals surface area contributed by atoms with Crippen LogP contribution >= 0.6 is 15.9 Å². The van der Waals surface area contributed by atoms with E-state index in [1.54, 1.807) is 0 Å². The highest BCUT2D eigenvalue weighted by atomic mass is 79.9. The molecule has 0 saturated carbocycles. The van der Waals surface area contributed by atoms with Crippen molar-refractivity contribution in [3.63, 3.8) is 0 Å². The number of hydrogen-bond acceptors (Lipinski definition) is 3. The summed E-state index contributed by atoms with van der Waals surface area (Å²) in [4.78, 5) is -0.749. The van der Waals surface area contributed by atoms with E-state index in [2.05, 4.69) is 15.9 Å². The van der Waals surface area contributed by atoms with Crippen LogP contribution in [0.25, 0.3) is 0 Å². The Labute approximate surface area is 111 Å². The molecule has 1 aromatic carbocycles. The fraction of sp³-hybridized carbons (Fsp3) is 0.400. The predicted molar refractivity (Wildman–Crippen MR) is 63.8 cm³/mol. The van der Waals surface area contributed by atoms with Gasteiger partial charge in [0, 0.05) is 11.6 Å². The monoisotopic (exact) mass is 346 g/mol. The molecule has 0 amide bonds. The molecule has 8 heteroatoms. The van der Waals surface area contributed by atoms with Gasteiger partial charge in [0.15, 0.2) is 9.84 Å². The first-order valence-electron chi connectivity index (χ1n) is 4.76. The van der Waals surface area contributed by atoms with Crippen LogP contribution in [0.2, 0.25) is 0 Å². The summed E-state index contributed by atoms with van der Waals surface area (Å²) >= 11 is 3.07. The maximum absolute atomic E-state index is 12.8. The summed E-state index contributed by atoms with van der Waals surface area (Å²) in [7, 11) is -3.94. The number of hydrogen-bond donors (Lipinski definition) is 0. The average molecular weight is 347 g/mol. The van der Waals surface area contributed by atoms with Gasteiger partial charge in [0.2, 0.25) is 0 Å². The van der Waals surface area contributed by atoms with E-state index < -0.39 is 26.5 Å². The molecule has 1 aromatic rings. The van der Waals surface area contributed by atoms with Crippen molar-refractivity contribution in [3.8, 4) is 5.75 Å². The molecule has 0 spiro atoms. The second-order valence-electron chi connectivity index (χ2n) is 3.47. The third-order valence-electron chi connectivity index (χ3n) is 2.00. The molecule has 1 rings (SSSR count). The molecule has 18 heavy (non-hydrogen) atoms. The van der Waals surface area contributed by atoms with Crippen molar-refractivity contribution < 1.29 is 26.3 Å². The largest absolute Gasteiger partial charge is 0.493 e. The van der Waals surface area contributed by atoms with Crippen molar-refractivity contribution in [1.29, 1.82) is 0 Å². The van der Waals surface area contributed by atoms with Gasteiger partial charge < -0.3 is 4.74 Å². The first-order chi connectivity index (χ1) is 8.16. The number of halogens is 4. The van der Waals surface area contributed by atoms with Gasteiger partial charge in [-0.1, -0.05) is 15.9 Å². The SMILES string of the molecule is CS(=O)(=O)c1ccc(OCCBr)cc1C(F)(F)F. The molecule has 0 N–H and O–H groups in total. The molecular formula is C10H10BrF3O3S. The van der Waals surface area contributed by atoms with E-state index in [1.165, 1.54) is 6.07 Å². The van der Waals surface area contributed by atoms with E-state index in [0.29, 0.717) is 11.4 Å². The molecule has 0 aliphatic carbocycles. The number of alkyl halides is 4. The molecule has 0 aliphatic rings. The van der Waals surface area contributed by atoms with Crippen molar-refractivity contribution >= 4 is 25.8 Å². The molecule has 102 valence electrons. The number of ether oxygens (including phenoxy) is 1. The fourth-order valence-electron chi connectivity index (χ4n) is 1.30. The summed E-state index contributed by atoms with van der Waals surface area (Å²) in [6, 6.07) is 2.80. The van der Waals surface area contributed by atoms with Crippen LogP contribution in [0.4, 0.5) is 13.2 Å². The van der Waals surface area contributed by atoms with E-state index in [4.69, 9.17) is 4.74 Å². The summed E-state index contributed by atoms with van der Waals surface area (Å²) in [5.74, 6) is -0.0193.